The zero-order valence-corrected chi connectivity index (χ0v) is 18.3. The van der Waals surface area contributed by atoms with Crippen molar-refractivity contribution in [2.75, 3.05) is 31.1 Å². The van der Waals surface area contributed by atoms with Crippen LogP contribution >= 0.6 is 23.2 Å². The molecule has 2 aromatic carbocycles. The van der Waals surface area contributed by atoms with Gasteiger partial charge in [-0.2, -0.15) is 0 Å². The van der Waals surface area contributed by atoms with Crippen molar-refractivity contribution < 1.29 is 9.34 Å². The van der Waals surface area contributed by atoms with Crippen LogP contribution in [0.4, 0.5) is 11.4 Å². The van der Waals surface area contributed by atoms with Gasteiger partial charge < -0.3 is 9.32 Å². The van der Waals surface area contributed by atoms with Gasteiger partial charge in [-0.1, -0.05) is 23.2 Å². The number of nitro benzene ring substituents is 1. The maximum Gasteiger partial charge on any atom is 0.273 e. The average molecular weight is 461 g/mol. The first-order valence-electron chi connectivity index (χ1n) is 10.5. The van der Waals surface area contributed by atoms with Crippen molar-refractivity contribution in [2.45, 2.75) is 31.2 Å². The lowest BCUT2D eigenvalue weighted by Gasteiger charge is -2.39. The van der Waals surface area contributed by atoms with Gasteiger partial charge in [0.05, 0.1) is 21.0 Å². The fraction of sp³-hybridized carbons (Fsp3) is 0.409. The molecule has 2 atom stereocenters. The first-order valence-corrected chi connectivity index (χ1v) is 11.2. The number of anilines is 1. The van der Waals surface area contributed by atoms with Crippen molar-refractivity contribution in [3.05, 3.63) is 62.4 Å². The Labute approximate surface area is 189 Å². The molecule has 7 nitrogen and oxygen atoms in total. The summed E-state index contributed by atoms with van der Waals surface area (Å²) in [6, 6.07) is 10.9. The minimum Gasteiger partial charge on any atom is -0.440 e. The van der Waals surface area contributed by atoms with Gasteiger partial charge in [-0.15, -0.1) is 0 Å². The second-order valence-corrected chi connectivity index (χ2v) is 9.06. The maximum atomic E-state index is 11.0. The Morgan fingerprint density at radius 3 is 2.58 bits per heavy atom. The first kappa shape index (κ1) is 20.5. The van der Waals surface area contributed by atoms with E-state index in [0.717, 1.165) is 51.1 Å². The van der Waals surface area contributed by atoms with E-state index in [-0.39, 0.29) is 11.6 Å². The predicted molar refractivity (Wildman–Crippen MR) is 121 cm³/mol. The highest BCUT2D eigenvalue weighted by atomic mass is 35.5. The Morgan fingerprint density at radius 1 is 1.03 bits per heavy atom. The topological polar surface area (TPSA) is 75.7 Å². The summed E-state index contributed by atoms with van der Waals surface area (Å²) in [7, 11) is 0. The average Bonchev–Trinajstić information content (AvgIpc) is 3.42. The molecule has 1 saturated carbocycles. The second-order valence-electron chi connectivity index (χ2n) is 8.25. The zero-order valence-electron chi connectivity index (χ0n) is 16.8. The number of nitro groups is 1. The van der Waals surface area contributed by atoms with Gasteiger partial charge in [-0.3, -0.25) is 15.0 Å². The maximum absolute atomic E-state index is 11.0. The molecule has 2 heterocycles. The van der Waals surface area contributed by atoms with Crippen LogP contribution in [0.15, 0.2) is 40.8 Å². The van der Waals surface area contributed by atoms with Crippen LogP contribution in [0.3, 0.4) is 0 Å². The van der Waals surface area contributed by atoms with E-state index in [2.05, 4.69) is 14.8 Å². The van der Waals surface area contributed by atoms with Gasteiger partial charge in [0, 0.05) is 49.9 Å². The Hall–Kier alpha value is -2.35. The molecule has 1 aromatic heterocycles. The van der Waals surface area contributed by atoms with Crippen molar-refractivity contribution in [1.29, 1.82) is 0 Å². The third-order valence-electron chi connectivity index (χ3n) is 6.45. The number of hydrogen-bond acceptors (Lipinski definition) is 6. The lowest BCUT2D eigenvalue weighted by molar-refractivity contribution is -0.384. The van der Waals surface area contributed by atoms with Crippen LogP contribution in [-0.2, 0) is 0 Å². The van der Waals surface area contributed by atoms with Crippen LogP contribution in [0.25, 0.3) is 11.1 Å². The molecule has 3 aromatic rings. The molecule has 31 heavy (non-hydrogen) atoms. The highest BCUT2D eigenvalue weighted by molar-refractivity contribution is 6.42. The van der Waals surface area contributed by atoms with Crippen LogP contribution in [0.5, 0.6) is 0 Å². The predicted octanol–water partition coefficient (Wildman–Crippen LogP) is 5.50. The van der Waals surface area contributed by atoms with E-state index < -0.39 is 4.92 Å². The number of non-ortho nitro benzene ring substituents is 1. The summed E-state index contributed by atoms with van der Waals surface area (Å²) in [4.78, 5) is 20.1. The molecule has 0 radical (unpaired) electrons. The molecule has 5 rings (SSSR count). The summed E-state index contributed by atoms with van der Waals surface area (Å²) in [5, 5.41) is 12.2. The molecule has 2 unspecified atom stereocenters. The van der Waals surface area contributed by atoms with E-state index in [0.29, 0.717) is 33.1 Å². The van der Waals surface area contributed by atoms with Gasteiger partial charge in [-0.25, -0.2) is 4.98 Å². The van der Waals surface area contributed by atoms with Crippen molar-refractivity contribution in [3.63, 3.8) is 0 Å². The molecule has 1 saturated heterocycles. The quantitative estimate of drug-likeness (QED) is 0.377. The Morgan fingerprint density at radius 2 is 1.84 bits per heavy atom. The Balaban J connectivity index is 1.22. The largest absolute Gasteiger partial charge is 0.440 e. The van der Waals surface area contributed by atoms with E-state index in [9.17, 15) is 10.1 Å². The van der Waals surface area contributed by atoms with Crippen LogP contribution in [0, 0.1) is 10.1 Å². The van der Waals surface area contributed by atoms with Crippen molar-refractivity contribution in [3.8, 4) is 0 Å². The third-order valence-corrected chi connectivity index (χ3v) is 7.19. The standard InChI is InChI=1S/C22H22Cl2N4O3/c23-18-5-3-16(12-19(18)24)27-9-7-26(8-10-27)15-2-1-14(11-15)22-25-20-6-4-17(28(29)30)13-21(20)31-22/h3-6,12-15H,1-2,7-11H2. The normalized spacial score (nSPS) is 22.3. The molecule has 0 bridgehead atoms. The molecule has 1 aliphatic heterocycles. The van der Waals surface area contributed by atoms with Crippen molar-refractivity contribution in [2.24, 2.45) is 0 Å². The molecule has 162 valence electrons. The Kier molecular flexibility index (Phi) is 5.50. The van der Waals surface area contributed by atoms with Crippen LogP contribution in [-0.4, -0.2) is 47.0 Å². The number of piperazine rings is 1. The summed E-state index contributed by atoms with van der Waals surface area (Å²) in [6.45, 7) is 3.89. The van der Waals surface area contributed by atoms with Crippen molar-refractivity contribution in [1.82, 2.24) is 9.88 Å². The summed E-state index contributed by atoms with van der Waals surface area (Å²) >= 11 is 12.2. The summed E-state index contributed by atoms with van der Waals surface area (Å²) in [5.74, 6) is 0.956. The van der Waals surface area contributed by atoms with Gasteiger partial charge in [0.1, 0.15) is 5.52 Å². The van der Waals surface area contributed by atoms with Crippen LogP contribution in [0.2, 0.25) is 10.0 Å². The van der Waals surface area contributed by atoms with Gasteiger partial charge in [-0.05, 0) is 43.5 Å². The van der Waals surface area contributed by atoms with E-state index in [1.807, 2.05) is 18.2 Å². The molecule has 2 aliphatic rings. The molecule has 1 aliphatic carbocycles. The fourth-order valence-corrected chi connectivity index (χ4v) is 5.05. The minimum atomic E-state index is -0.412. The highest BCUT2D eigenvalue weighted by Crippen LogP contribution is 2.38. The summed E-state index contributed by atoms with van der Waals surface area (Å²) in [5.41, 5.74) is 2.31. The lowest BCUT2D eigenvalue weighted by Crippen LogP contribution is -2.49. The summed E-state index contributed by atoms with van der Waals surface area (Å²) in [6.07, 6.45) is 3.13. The number of rotatable bonds is 4. The van der Waals surface area contributed by atoms with Gasteiger partial charge >= 0.3 is 0 Å². The third kappa shape index (κ3) is 4.10. The molecule has 0 spiro atoms. The number of aromatic nitrogens is 1. The summed E-state index contributed by atoms with van der Waals surface area (Å²) < 4.78 is 5.91. The lowest BCUT2D eigenvalue weighted by atomic mass is 10.1. The van der Waals surface area contributed by atoms with Crippen LogP contribution < -0.4 is 4.90 Å². The minimum absolute atomic E-state index is 0.0272. The number of nitrogens with zero attached hydrogens (tertiary/aromatic N) is 4. The highest BCUT2D eigenvalue weighted by Gasteiger charge is 2.34. The molecular formula is C22H22Cl2N4O3. The molecule has 9 heteroatoms. The fourth-order valence-electron chi connectivity index (χ4n) is 4.76. The monoisotopic (exact) mass is 460 g/mol. The SMILES string of the molecule is O=[N+]([O-])c1ccc2nc(C3CCC(N4CCN(c5ccc(Cl)c(Cl)c5)CC4)C3)oc2c1. The first-order chi connectivity index (χ1) is 15.0. The Bertz CT molecular complexity index is 1130. The molecular weight excluding hydrogens is 439 g/mol. The molecule has 2 fully saturated rings. The second kappa shape index (κ2) is 8.30. The number of hydrogen-bond donors (Lipinski definition) is 0. The van der Waals surface area contributed by atoms with Gasteiger partial charge in [0.15, 0.2) is 11.5 Å². The molecule has 0 amide bonds. The van der Waals surface area contributed by atoms with Gasteiger partial charge in [0.25, 0.3) is 5.69 Å². The van der Waals surface area contributed by atoms with E-state index in [1.165, 1.54) is 12.1 Å². The molecule has 0 N–H and O–H groups in total. The van der Waals surface area contributed by atoms with E-state index in [1.54, 1.807) is 6.07 Å². The van der Waals surface area contributed by atoms with Crippen LogP contribution in [0.1, 0.15) is 31.1 Å². The number of oxazole rings is 1. The van der Waals surface area contributed by atoms with Gasteiger partial charge in [0.2, 0.25) is 0 Å². The smallest absolute Gasteiger partial charge is 0.273 e. The number of fused-ring (bicyclic) bond motifs is 1. The zero-order chi connectivity index (χ0) is 21.5. The number of benzene rings is 2. The number of halogens is 2. The van der Waals surface area contributed by atoms with Crippen molar-refractivity contribution >= 4 is 45.7 Å². The van der Waals surface area contributed by atoms with E-state index >= 15 is 0 Å². The van der Waals surface area contributed by atoms with E-state index in [4.69, 9.17) is 27.6 Å².